The van der Waals surface area contributed by atoms with Crippen LogP contribution in [0.1, 0.15) is 50.2 Å². The third-order valence-corrected chi connectivity index (χ3v) is 10.0. The number of pyridine rings is 1. The summed E-state index contributed by atoms with van der Waals surface area (Å²) in [7, 11) is 0. The van der Waals surface area contributed by atoms with Crippen molar-refractivity contribution < 1.29 is 24.5 Å². The molecule has 3 aromatic carbocycles. The van der Waals surface area contributed by atoms with Crippen LogP contribution in [0.5, 0.6) is 5.75 Å². The van der Waals surface area contributed by atoms with Crippen LogP contribution in [0, 0.1) is 11.8 Å². The highest BCUT2D eigenvalue weighted by atomic mass is 16.6. The molecule has 1 atom stereocenters. The van der Waals surface area contributed by atoms with Crippen LogP contribution in [0.3, 0.4) is 0 Å². The van der Waals surface area contributed by atoms with Gasteiger partial charge < -0.3 is 35.5 Å². The number of rotatable bonds is 12. The number of aromatic hydroxyl groups is 1. The molecule has 2 heterocycles. The molecular weight excluding hydrogens is 634 g/mol. The number of aliphatic hydroxyl groups excluding tert-OH is 1. The van der Waals surface area contributed by atoms with Gasteiger partial charge >= 0.3 is 6.09 Å². The second kappa shape index (κ2) is 16.8. The van der Waals surface area contributed by atoms with Gasteiger partial charge in [-0.05, 0) is 80.3 Å². The summed E-state index contributed by atoms with van der Waals surface area (Å²) < 4.78 is 5.76. The maximum absolute atomic E-state index is 12.9. The summed E-state index contributed by atoms with van der Waals surface area (Å²) in [5.74, 6) is 0.544. The van der Waals surface area contributed by atoms with Gasteiger partial charge in [0.05, 0.1) is 17.3 Å². The smallest absolute Gasteiger partial charge is 0.411 e. The molecule has 2 aliphatic rings. The van der Waals surface area contributed by atoms with E-state index < -0.39 is 12.2 Å². The molecule has 1 saturated carbocycles. The van der Waals surface area contributed by atoms with Crippen LogP contribution < -0.4 is 21.5 Å². The Balaban J connectivity index is 0.844. The van der Waals surface area contributed by atoms with Gasteiger partial charge in [-0.15, -0.1) is 0 Å². The molecular formula is C39H47N5O6. The number of carbonyl (C=O) groups is 2. The predicted octanol–water partition coefficient (Wildman–Crippen LogP) is 5.16. The van der Waals surface area contributed by atoms with Crippen LogP contribution >= 0.6 is 0 Å². The summed E-state index contributed by atoms with van der Waals surface area (Å²) in [6.07, 6.45) is 3.72. The lowest BCUT2D eigenvalue weighted by molar-refractivity contribution is -0.126. The van der Waals surface area contributed by atoms with Gasteiger partial charge in [0.1, 0.15) is 11.9 Å². The maximum Gasteiger partial charge on any atom is 0.411 e. The maximum atomic E-state index is 12.9. The first-order chi connectivity index (χ1) is 24.3. The van der Waals surface area contributed by atoms with Crippen molar-refractivity contribution in [1.29, 1.82) is 0 Å². The fourth-order valence-electron chi connectivity index (χ4n) is 7.20. The minimum Gasteiger partial charge on any atom is -0.506 e. The number of carbonyl (C=O) groups excluding carboxylic acids is 2. The number of aliphatic hydroxyl groups is 1. The number of phenols is 1. The minimum atomic E-state index is -0.794. The quantitative estimate of drug-likeness (QED) is 0.120. The molecule has 1 saturated heterocycles. The Hall–Kier alpha value is -4.71. The van der Waals surface area contributed by atoms with E-state index in [-0.39, 0.29) is 29.2 Å². The average molecular weight is 682 g/mol. The van der Waals surface area contributed by atoms with Crippen molar-refractivity contribution in [1.82, 2.24) is 20.5 Å². The first-order valence-corrected chi connectivity index (χ1v) is 17.7. The lowest BCUT2D eigenvalue weighted by Crippen LogP contribution is -2.43. The second-order valence-electron chi connectivity index (χ2n) is 13.5. The molecule has 1 aliphatic heterocycles. The van der Waals surface area contributed by atoms with Crippen LogP contribution in [-0.4, -0.2) is 77.5 Å². The fraction of sp³-hybridized carbons (Fsp3) is 0.410. The number of fused-ring (bicyclic) bond motifs is 1. The van der Waals surface area contributed by atoms with Crippen LogP contribution in [0.4, 0.5) is 10.5 Å². The predicted molar refractivity (Wildman–Crippen MR) is 194 cm³/mol. The molecule has 11 heteroatoms. The second-order valence-corrected chi connectivity index (χ2v) is 13.5. The Labute approximate surface area is 292 Å². The highest BCUT2D eigenvalue weighted by Crippen LogP contribution is 2.31. The summed E-state index contributed by atoms with van der Waals surface area (Å²) in [5, 5.41) is 31.0. The topological polar surface area (TPSA) is 156 Å². The molecule has 50 heavy (non-hydrogen) atoms. The molecule has 0 bridgehead atoms. The molecule has 264 valence electrons. The van der Waals surface area contributed by atoms with Crippen molar-refractivity contribution in [2.24, 2.45) is 11.8 Å². The van der Waals surface area contributed by atoms with E-state index in [2.05, 4.69) is 25.8 Å². The highest BCUT2D eigenvalue weighted by molar-refractivity contribution is 5.91. The van der Waals surface area contributed by atoms with Gasteiger partial charge in [0.25, 0.3) is 0 Å². The number of aromatic amines is 1. The third-order valence-electron chi connectivity index (χ3n) is 10.0. The Bertz CT molecular complexity index is 1800. The summed E-state index contributed by atoms with van der Waals surface area (Å²) in [4.78, 5) is 42.3. The van der Waals surface area contributed by atoms with Crippen molar-refractivity contribution in [3.05, 3.63) is 94.8 Å². The monoisotopic (exact) mass is 681 g/mol. The van der Waals surface area contributed by atoms with E-state index in [9.17, 15) is 24.6 Å². The number of phenolic OH excluding ortho intramolecular Hbond substituents is 1. The van der Waals surface area contributed by atoms with Crippen LogP contribution in [0.2, 0.25) is 0 Å². The van der Waals surface area contributed by atoms with Crippen molar-refractivity contribution in [2.45, 2.75) is 50.7 Å². The Morgan fingerprint density at radius 3 is 2.42 bits per heavy atom. The third kappa shape index (κ3) is 9.09. The number of ether oxygens (including phenoxy) is 1. The molecule has 4 aromatic rings. The van der Waals surface area contributed by atoms with E-state index in [4.69, 9.17) is 4.74 Å². The van der Waals surface area contributed by atoms with E-state index in [0.717, 1.165) is 81.5 Å². The molecule has 1 aromatic heterocycles. The summed E-state index contributed by atoms with van der Waals surface area (Å²) in [6, 6.07) is 23.8. The lowest BCUT2D eigenvalue weighted by Gasteiger charge is -2.32. The van der Waals surface area contributed by atoms with Crippen molar-refractivity contribution >= 4 is 28.6 Å². The molecule has 0 radical (unpaired) electrons. The zero-order valence-corrected chi connectivity index (χ0v) is 28.3. The number of nitrogens with one attached hydrogen (secondary N) is 4. The number of likely N-dealkylation sites (tertiary alicyclic amines) is 1. The van der Waals surface area contributed by atoms with Gasteiger partial charge in [0.2, 0.25) is 11.5 Å². The van der Waals surface area contributed by atoms with Gasteiger partial charge in [-0.1, -0.05) is 54.6 Å². The number of benzene rings is 3. The number of hydrogen-bond donors (Lipinski definition) is 6. The van der Waals surface area contributed by atoms with Gasteiger partial charge in [-0.2, -0.15) is 0 Å². The summed E-state index contributed by atoms with van der Waals surface area (Å²) in [6.45, 7) is 4.08. The molecule has 11 nitrogen and oxygen atoms in total. The minimum absolute atomic E-state index is 0.0204. The van der Waals surface area contributed by atoms with E-state index >= 15 is 0 Å². The van der Waals surface area contributed by atoms with Crippen molar-refractivity contribution in [2.75, 3.05) is 44.6 Å². The number of hydrogen-bond acceptors (Lipinski definition) is 8. The number of nitrogens with zero attached hydrogens (tertiary/aromatic N) is 1. The first kappa shape index (κ1) is 35.1. The van der Waals surface area contributed by atoms with Crippen LogP contribution in [0.15, 0.2) is 83.7 Å². The number of anilines is 1. The van der Waals surface area contributed by atoms with Crippen LogP contribution in [0.25, 0.3) is 22.0 Å². The highest BCUT2D eigenvalue weighted by Gasteiger charge is 2.27. The Morgan fingerprint density at radius 1 is 0.900 bits per heavy atom. The zero-order chi connectivity index (χ0) is 34.9. The fourth-order valence-corrected chi connectivity index (χ4v) is 7.20. The Kier molecular flexibility index (Phi) is 11.8. The number of piperidine rings is 1. The molecule has 6 N–H and O–H groups in total. The lowest BCUT2D eigenvalue weighted by atomic mass is 9.81. The van der Waals surface area contributed by atoms with Gasteiger partial charge in [0.15, 0.2) is 0 Å². The van der Waals surface area contributed by atoms with E-state index in [1.165, 1.54) is 12.1 Å². The number of para-hydroxylation sites is 1. The SMILES string of the molecule is O=C(Nc1ccccc1-c1ccccc1)OC1CCN(CCNC(=O)C2CCC(CNC[C@@H](O)c3ccc(O)c4[nH]c(=O)ccc34)CC2)CC1. The van der Waals surface area contributed by atoms with Crippen molar-refractivity contribution in [3.63, 3.8) is 0 Å². The molecule has 2 amide bonds. The normalized spacial score (nSPS) is 19.1. The largest absolute Gasteiger partial charge is 0.506 e. The van der Waals surface area contributed by atoms with Gasteiger partial charge in [-0.3, -0.25) is 14.9 Å². The van der Waals surface area contributed by atoms with Crippen LogP contribution in [-0.2, 0) is 9.53 Å². The van der Waals surface area contributed by atoms with Gasteiger partial charge in [-0.25, -0.2) is 4.79 Å². The zero-order valence-electron chi connectivity index (χ0n) is 28.3. The molecule has 6 rings (SSSR count). The average Bonchev–Trinajstić information content (AvgIpc) is 3.13. The van der Waals surface area contributed by atoms with E-state index in [1.54, 1.807) is 12.1 Å². The van der Waals surface area contributed by atoms with E-state index in [0.29, 0.717) is 35.5 Å². The molecule has 1 aliphatic carbocycles. The number of amides is 2. The Morgan fingerprint density at radius 2 is 1.64 bits per heavy atom. The first-order valence-electron chi connectivity index (χ1n) is 17.7. The summed E-state index contributed by atoms with van der Waals surface area (Å²) in [5.41, 5.74) is 3.35. The molecule has 2 fully saturated rings. The molecule has 0 spiro atoms. The van der Waals surface area contributed by atoms with Crippen molar-refractivity contribution in [3.8, 4) is 16.9 Å². The standard InChI is InChI=1S/C39H47N5O6/c45-34-16-14-31(32-15-17-36(47)43-37(32)34)35(46)25-40-24-26-10-12-28(13-11-26)38(48)41-20-23-44-21-18-29(19-22-44)50-39(49)42-33-9-5-4-8-30(33)27-6-2-1-3-7-27/h1-9,14-17,26,28-29,35,40,45-46H,10-13,18-25H2,(H,41,48)(H,42,49)(H,43,47)/t26?,28?,35-/m1/s1. The molecule has 0 unspecified atom stereocenters. The van der Waals surface area contributed by atoms with E-state index in [1.807, 2.05) is 54.6 Å². The summed E-state index contributed by atoms with van der Waals surface area (Å²) >= 11 is 0. The number of aromatic nitrogens is 1. The number of H-pyrrole nitrogens is 1. The van der Waals surface area contributed by atoms with Gasteiger partial charge in [0, 0.05) is 55.7 Å².